The van der Waals surface area contributed by atoms with Crippen LogP contribution in [-0.2, 0) is 24.4 Å². The minimum absolute atomic E-state index is 0.115. The van der Waals surface area contributed by atoms with Crippen LogP contribution in [0.5, 0.6) is 5.75 Å². The second-order valence-corrected chi connectivity index (χ2v) is 11.4. The number of nitrogens with two attached hydrogens (primary N) is 1. The van der Waals surface area contributed by atoms with E-state index in [1.165, 1.54) is 21.4 Å². The van der Waals surface area contributed by atoms with Crippen LogP contribution in [0.15, 0.2) is 45.8 Å². The summed E-state index contributed by atoms with van der Waals surface area (Å²) in [6, 6.07) is 8.32. The van der Waals surface area contributed by atoms with Gasteiger partial charge in [0, 0.05) is 69.4 Å². The first kappa shape index (κ1) is 27.0. The SMILES string of the molecule is Cn1c(=O)n(CCN2CCN(c3ccc(OCC[S@@](C)=O)cc3F)CC2)c2nc(N)n3nc(-c4ccco4)nc3c21. The first-order valence-electron chi connectivity index (χ1n) is 13.1. The molecule has 4 aromatic heterocycles. The lowest BCUT2D eigenvalue weighted by Crippen LogP contribution is -2.47. The summed E-state index contributed by atoms with van der Waals surface area (Å²) in [4.78, 5) is 26.5. The fourth-order valence-electron chi connectivity index (χ4n) is 5.07. The Bertz CT molecular complexity index is 1790. The molecular formula is C26H30FN9O4S. The number of halogens is 1. The van der Waals surface area contributed by atoms with Gasteiger partial charge in [-0.2, -0.15) is 9.50 Å². The standard InChI is InChI=1S/C26H30FN9O4S/c1-32-21-23(30-25(28)36-24(21)29-22(31-36)20-4-3-13-40-20)35(26(32)37)12-9-33-7-10-34(11-8-33)19-6-5-17(16-18(19)27)39-14-15-41(2)38/h3-6,13,16H,7-12,14-15H2,1-2H3,(H2,28,30)/t41-/m1/s1. The molecule has 1 saturated heterocycles. The number of nitrogens with zero attached hydrogens (tertiary/aromatic N) is 8. The summed E-state index contributed by atoms with van der Waals surface area (Å²) < 4.78 is 41.5. The number of fused-ring (bicyclic) bond motifs is 3. The summed E-state index contributed by atoms with van der Waals surface area (Å²) in [6.07, 6.45) is 3.14. The number of aryl methyl sites for hydroxylation is 1. The van der Waals surface area contributed by atoms with Crippen molar-refractivity contribution in [1.29, 1.82) is 0 Å². The van der Waals surface area contributed by atoms with E-state index >= 15 is 0 Å². The number of imidazole rings is 1. The highest BCUT2D eigenvalue weighted by Crippen LogP contribution is 2.26. The van der Waals surface area contributed by atoms with Gasteiger partial charge in [-0.15, -0.1) is 5.10 Å². The number of anilines is 2. The lowest BCUT2D eigenvalue weighted by molar-refractivity contribution is 0.247. The van der Waals surface area contributed by atoms with Gasteiger partial charge >= 0.3 is 5.69 Å². The molecule has 0 spiro atoms. The van der Waals surface area contributed by atoms with Crippen molar-refractivity contribution in [2.45, 2.75) is 6.54 Å². The van der Waals surface area contributed by atoms with E-state index < -0.39 is 10.8 Å². The summed E-state index contributed by atoms with van der Waals surface area (Å²) in [5.74, 6) is 1.42. The third kappa shape index (κ3) is 5.17. The van der Waals surface area contributed by atoms with Crippen LogP contribution in [-0.4, -0.2) is 89.2 Å². The van der Waals surface area contributed by atoms with Crippen molar-refractivity contribution in [3.63, 3.8) is 0 Å². The predicted octanol–water partition coefficient (Wildman–Crippen LogP) is 1.34. The van der Waals surface area contributed by atoms with Crippen molar-refractivity contribution in [3.05, 3.63) is 52.9 Å². The molecule has 41 heavy (non-hydrogen) atoms. The third-order valence-corrected chi connectivity index (χ3v) is 7.97. The molecule has 2 N–H and O–H groups in total. The third-order valence-electron chi connectivity index (χ3n) is 7.23. The van der Waals surface area contributed by atoms with Crippen LogP contribution in [0, 0.1) is 5.82 Å². The molecule has 1 aliphatic heterocycles. The molecule has 6 rings (SSSR count). The molecule has 1 atom stereocenters. The Balaban J connectivity index is 1.14. The molecule has 0 saturated carbocycles. The maximum atomic E-state index is 14.8. The van der Waals surface area contributed by atoms with Crippen molar-refractivity contribution >= 4 is 39.2 Å². The predicted molar refractivity (Wildman–Crippen MR) is 153 cm³/mol. The van der Waals surface area contributed by atoms with Crippen LogP contribution < -0.4 is 21.1 Å². The minimum Gasteiger partial charge on any atom is -0.493 e. The normalized spacial score (nSPS) is 15.2. The van der Waals surface area contributed by atoms with Crippen molar-refractivity contribution < 1.29 is 17.8 Å². The van der Waals surface area contributed by atoms with Crippen molar-refractivity contribution in [2.75, 3.05) is 62.0 Å². The van der Waals surface area contributed by atoms with E-state index in [2.05, 4.69) is 20.0 Å². The Hall–Kier alpha value is -4.24. The van der Waals surface area contributed by atoms with E-state index in [-0.39, 0.29) is 24.1 Å². The Kier molecular flexibility index (Phi) is 7.21. The number of benzene rings is 1. The van der Waals surface area contributed by atoms with E-state index in [0.717, 1.165) is 0 Å². The van der Waals surface area contributed by atoms with Gasteiger partial charge in [-0.05, 0) is 24.3 Å². The number of furan rings is 1. The second kappa shape index (κ2) is 11.0. The number of nitrogen functional groups attached to an aromatic ring is 1. The van der Waals surface area contributed by atoms with E-state index in [0.29, 0.717) is 84.9 Å². The summed E-state index contributed by atoms with van der Waals surface area (Å²) in [5.41, 5.74) is 7.90. The number of ether oxygens (including phenoxy) is 1. The molecule has 216 valence electrons. The van der Waals surface area contributed by atoms with Crippen LogP contribution in [0.2, 0.25) is 0 Å². The van der Waals surface area contributed by atoms with Crippen molar-refractivity contribution in [1.82, 2.24) is 33.6 Å². The van der Waals surface area contributed by atoms with E-state index in [9.17, 15) is 13.4 Å². The summed E-state index contributed by atoms with van der Waals surface area (Å²) in [5, 5.41) is 4.41. The molecule has 0 bridgehead atoms. The van der Waals surface area contributed by atoms with Gasteiger partial charge in [0.1, 0.15) is 17.1 Å². The van der Waals surface area contributed by atoms with Crippen LogP contribution in [0.4, 0.5) is 16.0 Å². The molecule has 1 fully saturated rings. The molecule has 13 nitrogen and oxygen atoms in total. The number of piperazine rings is 1. The average molecular weight is 584 g/mol. The molecule has 1 aliphatic rings. The Morgan fingerprint density at radius 1 is 1.12 bits per heavy atom. The molecular weight excluding hydrogens is 553 g/mol. The van der Waals surface area contributed by atoms with Crippen molar-refractivity contribution in [3.8, 4) is 17.3 Å². The molecule has 5 aromatic rings. The fraction of sp³-hybridized carbons (Fsp3) is 0.385. The molecule has 15 heteroatoms. The molecule has 1 aromatic carbocycles. The quantitative estimate of drug-likeness (QED) is 0.270. The van der Waals surface area contributed by atoms with Crippen LogP contribution in [0.25, 0.3) is 28.4 Å². The topological polar surface area (TPSA) is 142 Å². The minimum atomic E-state index is -0.959. The monoisotopic (exact) mass is 583 g/mol. The van der Waals surface area contributed by atoms with E-state index in [4.69, 9.17) is 14.9 Å². The highest BCUT2D eigenvalue weighted by Gasteiger charge is 2.23. The fourth-order valence-corrected chi connectivity index (χ4v) is 5.38. The number of aromatic nitrogens is 6. The Morgan fingerprint density at radius 3 is 2.63 bits per heavy atom. The molecule has 0 aliphatic carbocycles. The van der Waals surface area contributed by atoms with Gasteiger partial charge in [-0.1, -0.05) is 0 Å². The summed E-state index contributed by atoms with van der Waals surface area (Å²) >= 11 is 0. The van der Waals surface area contributed by atoms with Gasteiger partial charge in [0.05, 0.1) is 24.3 Å². The smallest absolute Gasteiger partial charge is 0.330 e. The van der Waals surface area contributed by atoms with Gasteiger partial charge in [0.25, 0.3) is 0 Å². The maximum absolute atomic E-state index is 14.8. The number of hydrogen-bond acceptors (Lipinski definition) is 10. The zero-order chi connectivity index (χ0) is 28.7. The lowest BCUT2D eigenvalue weighted by atomic mass is 10.2. The van der Waals surface area contributed by atoms with Crippen LogP contribution >= 0.6 is 0 Å². The van der Waals surface area contributed by atoms with Crippen LogP contribution in [0.3, 0.4) is 0 Å². The van der Waals surface area contributed by atoms with E-state index in [1.54, 1.807) is 42.1 Å². The zero-order valence-electron chi connectivity index (χ0n) is 22.7. The van der Waals surface area contributed by atoms with Gasteiger partial charge in [-0.3, -0.25) is 18.2 Å². The van der Waals surface area contributed by atoms with E-state index in [1.807, 2.05) is 4.90 Å². The molecule has 0 unspecified atom stereocenters. The highest BCUT2D eigenvalue weighted by molar-refractivity contribution is 7.84. The van der Waals surface area contributed by atoms with Gasteiger partial charge in [0.15, 0.2) is 17.1 Å². The second-order valence-electron chi connectivity index (χ2n) is 9.85. The number of hydrogen-bond donors (Lipinski definition) is 1. The lowest BCUT2D eigenvalue weighted by Gasteiger charge is -2.36. The molecule has 5 heterocycles. The maximum Gasteiger partial charge on any atom is 0.330 e. The van der Waals surface area contributed by atoms with Gasteiger partial charge in [-0.25, -0.2) is 14.2 Å². The summed E-state index contributed by atoms with van der Waals surface area (Å²) in [7, 11) is 0.716. The highest BCUT2D eigenvalue weighted by atomic mass is 32.2. The average Bonchev–Trinajstić information content (AvgIpc) is 3.68. The van der Waals surface area contributed by atoms with Gasteiger partial charge in [0.2, 0.25) is 11.8 Å². The summed E-state index contributed by atoms with van der Waals surface area (Å²) in [6.45, 7) is 3.97. The van der Waals surface area contributed by atoms with Crippen molar-refractivity contribution in [2.24, 2.45) is 7.05 Å². The Labute approximate surface area is 236 Å². The largest absolute Gasteiger partial charge is 0.493 e. The first-order chi connectivity index (χ1) is 19.8. The first-order valence-corrected chi connectivity index (χ1v) is 14.9. The van der Waals surface area contributed by atoms with Crippen LogP contribution in [0.1, 0.15) is 0 Å². The Morgan fingerprint density at radius 2 is 1.93 bits per heavy atom. The number of rotatable bonds is 9. The molecule has 0 radical (unpaired) electrons. The van der Waals surface area contributed by atoms with Gasteiger partial charge < -0.3 is 19.8 Å². The molecule has 0 amide bonds. The zero-order valence-corrected chi connectivity index (χ0v) is 23.5.